The maximum absolute atomic E-state index is 12.1. The average Bonchev–Trinajstić information content (AvgIpc) is 2.94. The van der Waals surface area contributed by atoms with Gasteiger partial charge in [0.2, 0.25) is 11.9 Å². The Morgan fingerprint density at radius 2 is 1.73 bits per heavy atom. The lowest BCUT2D eigenvalue weighted by Gasteiger charge is -2.17. The zero-order chi connectivity index (χ0) is 29.0. The molecule has 0 radical (unpaired) electrons. The zero-order valence-corrected chi connectivity index (χ0v) is 23.7. The third-order valence-corrected chi connectivity index (χ3v) is 6.84. The van der Waals surface area contributed by atoms with Gasteiger partial charge in [-0.05, 0) is 47.9 Å². The Kier molecular flexibility index (Phi) is 8.77. The molecule has 4 rings (SSSR count). The number of hydrogen-bond acceptors (Lipinski definition) is 8. The van der Waals surface area contributed by atoms with Crippen LogP contribution in [0.1, 0.15) is 11.1 Å². The van der Waals surface area contributed by atoms with E-state index in [-0.39, 0.29) is 6.42 Å². The molecule has 0 unspecified atom stereocenters. The number of fused-ring (bicyclic) bond motifs is 1. The lowest BCUT2D eigenvalue weighted by atomic mass is 10.0. The summed E-state index contributed by atoms with van der Waals surface area (Å²) in [5.41, 5.74) is 4.40. The van der Waals surface area contributed by atoms with Gasteiger partial charge in [0.15, 0.2) is 0 Å². The second kappa shape index (κ2) is 12.2. The lowest BCUT2D eigenvalue weighted by Crippen LogP contribution is -2.12. The Balaban J connectivity index is 1.72. The van der Waals surface area contributed by atoms with E-state index < -0.39 is 11.9 Å². The van der Waals surface area contributed by atoms with E-state index in [0.717, 1.165) is 22.6 Å². The van der Waals surface area contributed by atoms with Gasteiger partial charge in [0.1, 0.15) is 11.5 Å². The molecule has 0 bridgehead atoms. The summed E-state index contributed by atoms with van der Waals surface area (Å²) in [5, 5.41) is 7.41. The van der Waals surface area contributed by atoms with E-state index in [1.54, 1.807) is 18.3 Å². The molecular formula is C29H26Cl2N4O5. The smallest absolute Gasteiger partial charge is 0.309 e. The fourth-order valence-electron chi connectivity index (χ4n) is 4.15. The number of carbonyl (C=O) groups excluding carboxylic acids is 2. The predicted molar refractivity (Wildman–Crippen MR) is 157 cm³/mol. The van der Waals surface area contributed by atoms with Gasteiger partial charge in [-0.1, -0.05) is 41.9 Å². The highest BCUT2D eigenvalue weighted by Crippen LogP contribution is 2.46. The van der Waals surface area contributed by atoms with Crippen molar-refractivity contribution in [1.82, 2.24) is 9.97 Å². The number of amides is 1. The second-order valence-corrected chi connectivity index (χ2v) is 9.41. The molecule has 11 heteroatoms. The van der Waals surface area contributed by atoms with Crippen LogP contribution >= 0.6 is 23.2 Å². The molecule has 1 aromatic heterocycles. The van der Waals surface area contributed by atoms with Gasteiger partial charge in [-0.2, -0.15) is 0 Å². The van der Waals surface area contributed by atoms with Crippen LogP contribution in [0.2, 0.25) is 10.0 Å². The van der Waals surface area contributed by atoms with Gasteiger partial charge >= 0.3 is 5.97 Å². The zero-order valence-electron chi connectivity index (χ0n) is 22.2. The van der Waals surface area contributed by atoms with Crippen molar-refractivity contribution in [3.05, 3.63) is 76.4 Å². The van der Waals surface area contributed by atoms with E-state index in [9.17, 15) is 9.59 Å². The molecule has 4 aromatic rings. The second-order valence-electron chi connectivity index (χ2n) is 8.66. The number of aryl methyl sites for hydroxylation is 1. The molecule has 0 saturated heterocycles. The number of carbonyl (C=O) groups is 2. The maximum atomic E-state index is 12.1. The molecule has 0 spiro atoms. The van der Waals surface area contributed by atoms with Crippen molar-refractivity contribution in [2.45, 2.75) is 13.3 Å². The van der Waals surface area contributed by atoms with Crippen LogP contribution in [0.5, 0.6) is 11.5 Å². The van der Waals surface area contributed by atoms with Gasteiger partial charge in [0, 0.05) is 23.2 Å². The summed E-state index contributed by atoms with van der Waals surface area (Å²) < 4.78 is 15.5. The first-order valence-corrected chi connectivity index (χ1v) is 12.7. The summed E-state index contributed by atoms with van der Waals surface area (Å²) in [7, 11) is 4.36. The Morgan fingerprint density at radius 1 is 1.02 bits per heavy atom. The molecule has 3 aromatic carbocycles. The van der Waals surface area contributed by atoms with E-state index in [1.165, 1.54) is 21.3 Å². The number of rotatable bonds is 9. The predicted octanol–water partition coefficient (Wildman–Crippen LogP) is 6.51. The van der Waals surface area contributed by atoms with Crippen LogP contribution in [-0.2, 0) is 20.7 Å². The highest BCUT2D eigenvalue weighted by molar-refractivity contribution is 6.41. The summed E-state index contributed by atoms with van der Waals surface area (Å²) >= 11 is 13.2. The number of nitrogens with one attached hydrogen (secondary N) is 2. The number of methoxy groups -OCH3 is 3. The fourth-order valence-corrected chi connectivity index (χ4v) is 4.87. The Hall–Kier alpha value is -4.34. The minimum atomic E-state index is -0.406. The first-order valence-electron chi connectivity index (χ1n) is 12.0. The summed E-state index contributed by atoms with van der Waals surface area (Å²) in [6.45, 7) is 5.35. The van der Waals surface area contributed by atoms with E-state index in [1.807, 2.05) is 31.2 Å². The van der Waals surface area contributed by atoms with Crippen LogP contribution in [-0.4, -0.2) is 43.2 Å². The molecule has 40 heavy (non-hydrogen) atoms. The Morgan fingerprint density at radius 3 is 2.35 bits per heavy atom. The number of nitrogens with zero attached hydrogens (tertiary/aromatic N) is 2. The van der Waals surface area contributed by atoms with Crippen LogP contribution in [0.3, 0.4) is 0 Å². The standard InChI is InChI=1S/C29H26Cl2N4O5/c1-6-23(36)33-20-10-16(11-24(37)40-5)9-15(2)28(20)35-29-32-14-18-12-17(7-8-19(18)34-29)25-26(30)21(38-3)13-22(39-4)27(25)31/h6-10,12-14H,1,11H2,2-5H3,(H,33,36)(H,32,34,35). The van der Waals surface area contributed by atoms with Crippen molar-refractivity contribution in [3.63, 3.8) is 0 Å². The molecule has 0 fully saturated rings. The van der Waals surface area contributed by atoms with Crippen LogP contribution < -0.4 is 20.1 Å². The van der Waals surface area contributed by atoms with Gasteiger partial charge in [-0.15, -0.1) is 0 Å². The van der Waals surface area contributed by atoms with E-state index in [2.05, 4.69) is 27.2 Å². The number of benzene rings is 3. The minimum absolute atomic E-state index is 0.0522. The fraction of sp³-hybridized carbons (Fsp3) is 0.172. The highest BCUT2D eigenvalue weighted by Gasteiger charge is 2.19. The monoisotopic (exact) mass is 580 g/mol. The number of ether oxygens (including phenoxy) is 3. The van der Waals surface area contributed by atoms with Crippen molar-refractivity contribution >= 4 is 63.3 Å². The largest absolute Gasteiger partial charge is 0.495 e. The van der Waals surface area contributed by atoms with E-state index in [0.29, 0.717) is 55.5 Å². The summed E-state index contributed by atoms with van der Waals surface area (Å²) in [5.74, 6) is 0.365. The quantitative estimate of drug-likeness (QED) is 0.170. The van der Waals surface area contributed by atoms with Crippen molar-refractivity contribution in [3.8, 4) is 22.6 Å². The third-order valence-electron chi connectivity index (χ3n) is 6.09. The molecule has 0 aliphatic rings. The van der Waals surface area contributed by atoms with Crippen LogP contribution in [0.25, 0.3) is 22.0 Å². The Labute approximate surface area is 241 Å². The number of aromatic nitrogens is 2. The molecule has 0 saturated carbocycles. The van der Waals surface area contributed by atoms with Gasteiger partial charge in [-0.25, -0.2) is 9.97 Å². The SMILES string of the molecule is C=CC(=O)Nc1cc(CC(=O)OC)cc(C)c1Nc1ncc2cc(-c3c(Cl)c(OC)cc(OC)c3Cl)ccc2n1. The lowest BCUT2D eigenvalue weighted by molar-refractivity contribution is -0.139. The summed E-state index contributed by atoms with van der Waals surface area (Å²) in [6.07, 6.45) is 2.87. The average molecular weight is 581 g/mol. The number of halogens is 2. The summed E-state index contributed by atoms with van der Waals surface area (Å²) in [4.78, 5) is 33.0. The van der Waals surface area contributed by atoms with Crippen molar-refractivity contribution in [2.24, 2.45) is 0 Å². The molecule has 9 nitrogen and oxygen atoms in total. The number of anilines is 3. The minimum Gasteiger partial charge on any atom is -0.495 e. The van der Waals surface area contributed by atoms with Crippen molar-refractivity contribution < 1.29 is 23.8 Å². The van der Waals surface area contributed by atoms with Gasteiger partial charge < -0.3 is 24.8 Å². The van der Waals surface area contributed by atoms with Crippen LogP contribution in [0, 0.1) is 6.92 Å². The first-order chi connectivity index (χ1) is 19.2. The molecule has 0 aliphatic heterocycles. The van der Waals surface area contributed by atoms with Crippen LogP contribution in [0.15, 0.2) is 55.3 Å². The number of esters is 1. The van der Waals surface area contributed by atoms with E-state index in [4.69, 9.17) is 37.4 Å². The first kappa shape index (κ1) is 28.7. The third kappa shape index (κ3) is 5.95. The van der Waals surface area contributed by atoms with Crippen molar-refractivity contribution in [1.29, 1.82) is 0 Å². The molecule has 1 heterocycles. The molecule has 1 amide bonds. The van der Waals surface area contributed by atoms with Crippen LogP contribution in [0.4, 0.5) is 17.3 Å². The topological polar surface area (TPSA) is 112 Å². The molecule has 2 N–H and O–H groups in total. The molecular weight excluding hydrogens is 555 g/mol. The normalized spacial score (nSPS) is 10.7. The summed E-state index contributed by atoms with van der Waals surface area (Å²) in [6, 6.07) is 10.7. The van der Waals surface area contributed by atoms with Gasteiger partial charge in [-0.3, -0.25) is 9.59 Å². The molecule has 0 aliphatic carbocycles. The maximum Gasteiger partial charge on any atom is 0.309 e. The van der Waals surface area contributed by atoms with E-state index >= 15 is 0 Å². The molecule has 0 atom stereocenters. The highest BCUT2D eigenvalue weighted by atomic mass is 35.5. The Bertz CT molecular complexity index is 1610. The number of hydrogen-bond donors (Lipinski definition) is 2. The van der Waals surface area contributed by atoms with Gasteiger partial charge in [0.25, 0.3) is 0 Å². The van der Waals surface area contributed by atoms with Gasteiger partial charge in [0.05, 0.1) is 54.7 Å². The van der Waals surface area contributed by atoms with Crippen molar-refractivity contribution in [2.75, 3.05) is 32.0 Å². The molecule has 206 valence electrons.